The number of benzene rings is 1. The molecule has 0 amide bonds. The molecule has 1 aliphatic heterocycles. The molecule has 9 nitrogen and oxygen atoms in total. The Labute approximate surface area is 176 Å². The number of carbonyl (C=O) groups excluding carboxylic acids is 2. The summed E-state index contributed by atoms with van der Waals surface area (Å²) in [6, 6.07) is 2.82. The first-order chi connectivity index (χ1) is 13.8. The highest BCUT2D eigenvalue weighted by atomic mass is 79.9. The van der Waals surface area contributed by atoms with E-state index in [1.54, 1.807) is 6.92 Å². The van der Waals surface area contributed by atoms with E-state index in [0.29, 0.717) is 19.8 Å². The second-order valence-electron chi connectivity index (χ2n) is 6.23. The monoisotopic (exact) mass is 485 g/mol. The van der Waals surface area contributed by atoms with Gasteiger partial charge in [-0.1, -0.05) is 0 Å². The Kier molecular flexibility index (Phi) is 6.39. The first-order valence-corrected chi connectivity index (χ1v) is 11.5. The Bertz CT molecular complexity index is 1080. The van der Waals surface area contributed by atoms with Crippen molar-refractivity contribution in [1.82, 2.24) is 9.78 Å². The summed E-state index contributed by atoms with van der Waals surface area (Å²) in [6.45, 7) is 2.78. The molecule has 156 valence electrons. The lowest BCUT2D eigenvalue weighted by atomic mass is 10.0. The molecule has 1 aromatic carbocycles. The molecule has 1 aromatic heterocycles. The van der Waals surface area contributed by atoms with Gasteiger partial charge < -0.3 is 14.6 Å². The smallest absolute Gasteiger partial charge is 0.340 e. The number of nitrogens with zero attached hydrogens (tertiary/aromatic N) is 3. The molecule has 0 unspecified atom stereocenters. The van der Waals surface area contributed by atoms with E-state index in [9.17, 15) is 18.9 Å². The fraction of sp³-hybridized carbons (Fsp3) is 0.389. The van der Waals surface area contributed by atoms with Crippen molar-refractivity contribution < 1.29 is 28.4 Å². The Hall–Kier alpha value is -2.24. The lowest BCUT2D eigenvalue weighted by molar-refractivity contribution is 0.0601. The van der Waals surface area contributed by atoms with Crippen molar-refractivity contribution in [1.29, 1.82) is 0 Å². The van der Waals surface area contributed by atoms with Crippen molar-refractivity contribution in [3.05, 3.63) is 39.5 Å². The molecule has 29 heavy (non-hydrogen) atoms. The van der Waals surface area contributed by atoms with E-state index >= 15 is 0 Å². The number of aromatic hydroxyl groups is 1. The summed E-state index contributed by atoms with van der Waals surface area (Å²) in [5.41, 5.74) is 0.326. The van der Waals surface area contributed by atoms with Gasteiger partial charge in [-0.05, 0) is 35.0 Å². The fourth-order valence-electron chi connectivity index (χ4n) is 2.86. The summed E-state index contributed by atoms with van der Waals surface area (Å²) in [6.07, 6.45) is 1.28. The van der Waals surface area contributed by atoms with E-state index in [1.807, 2.05) is 0 Å². The zero-order valence-corrected chi connectivity index (χ0v) is 18.3. The summed E-state index contributed by atoms with van der Waals surface area (Å²) in [5.74, 6) is -0.982. The molecule has 1 fully saturated rings. The van der Waals surface area contributed by atoms with Crippen molar-refractivity contribution in [3.63, 3.8) is 0 Å². The molecular weight excluding hydrogens is 466 g/mol. The zero-order valence-electron chi connectivity index (χ0n) is 15.9. The number of carbonyl (C=O) groups is 2. The quantitative estimate of drug-likeness (QED) is 0.510. The normalized spacial score (nSPS) is 15.7. The maximum absolute atomic E-state index is 13.1. The van der Waals surface area contributed by atoms with Gasteiger partial charge in [0, 0.05) is 12.1 Å². The lowest BCUT2D eigenvalue weighted by Crippen LogP contribution is -2.25. The third-order valence-electron chi connectivity index (χ3n) is 4.47. The van der Waals surface area contributed by atoms with Crippen LogP contribution in [0.2, 0.25) is 0 Å². The molecular formula is C18H20BrN3O6S. The van der Waals surface area contributed by atoms with Crippen LogP contribution in [-0.2, 0) is 25.7 Å². The van der Waals surface area contributed by atoms with Gasteiger partial charge in [0.15, 0.2) is 0 Å². The number of ether oxygens (including phenoxy) is 2. The number of ketones is 1. The predicted molar refractivity (Wildman–Crippen MR) is 109 cm³/mol. The molecule has 0 atom stereocenters. The van der Waals surface area contributed by atoms with E-state index in [4.69, 9.17) is 9.47 Å². The van der Waals surface area contributed by atoms with Crippen LogP contribution in [0.3, 0.4) is 0 Å². The third-order valence-corrected chi connectivity index (χ3v) is 7.40. The maximum atomic E-state index is 13.1. The highest BCUT2D eigenvalue weighted by Crippen LogP contribution is 2.37. The van der Waals surface area contributed by atoms with Gasteiger partial charge in [0.2, 0.25) is 11.7 Å². The van der Waals surface area contributed by atoms with Crippen LogP contribution in [0, 0.1) is 0 Å². The summed E-state index contributed by atoms with van der Waals surface area (Å²) in [4.78, 5) is 25.2. The van der Waals surface area contributed by atoms with Crippen molar-refractivity contribution in [2.45, 2.75) is 13.5 Å². The summed E-state index contributed by atoms with van der Waals surface area (Å²) >= 11 is 3.34. The Morgan fingerprint density at radius 1 is 1.31 bits per heavy atom. The van der Waals surface area contributed by atoms with Crippen LogP contribution in [0.25, 0.3) is 0 Å². The minimum atomic E-state index is -2.66. The lowest BCUT2D eigenvalue weighted by Gasteiger charge is -2.18. The number of aryl methyl sites for hydroxylation is 1. The number of halogens is 1. The van der Waals surface area contributed by atoms with Gasteiger partial charge >= 0.3 is 5.97 Å². The molecule has 3 rings (SSSR count). The van der Waals surface area contributed by atoms with Gasteiger partial charge in [-0.2, -0.15) is 9.46 Å². The number of methoxy groups -OCH3 is 1. The second kappa shape index (κ2) is 8.64. The molecule has 1 aliphatic rings. The first kappa shape index (κ1) is 21.5. The van der Waals surface area contributed by atoms with Gasteiger partial charge in [-0.15, -0.1) is 0 Å². The van der Waals surface area contributed by atoms with Crippen LogP contribution in [0.15, 0.2) is 27.2 Å². The minimum absolute atomic E-state index is 0.0135. The molecule has 0 aliphatic carbocycles. The molecule has 2 heterocycles. The standard InChI is InChI=1S/C18H20BrN3O6S/c1-3-22-17(24)13(10-20-22)16(23)11-4-5-12(18(25)27-2)15(14(11)19)21-29(26)8-6-28-7-9-29/h4-5,10,24H,3,6-9H2,1-2H3. The number of rotatable bonds is 5. The average Bonchev–Trinajstić information content (AvgIpc) is 3.09. The summed E-state index contributed by atoms with van der Waals surface area (Å²) < 4.78 is 29.0. The van der Waals surface area contributed by atoms with Crippen LogP contribution in [0.1, 0.15) is 33.2 Å². The number of esters is 1. The Morgan fingerprint density at radius 2 is 1.97 bits per heavy atom. The third kappa shape index (κ3) is 4.21. The van der Waals surface area contributed by atoms with Gasteiger partial charge in [0.25, 0.3) is 0 Å². The number of aromatic nitrogens is 2. The van der Waals surface area contributed by atoms with Gasteiger partial charge in [-0.25, -0.2) is 13.7 Å². The van der Waals surface area contributed by atoms with Crippen molar-refractivity contribution >= 4 is 43.1 Å². The van der Waals surface area contributed by atoms with E-state index < -0.39 is 21.5 Å². The summed E-state index contributed by atoms with van der Waals surface area (Å²) in [7, 11) is -1.43. The average molecular weight is 486 g/mol. The van der Waals surface area contributed by atoms with E-state index in [0.717, 1.165) is 0 Å². The number of hydrogen-bond donors (Lipinski definition) is 1. The largest absolute Gasteiger partial charge is 0.493 e. The highest BCUT2D eigenvalue weighted by Gasteiger charge is 2.26. The molecule has 11 heteroatoms. The second-order valence-corrected chi connectivity index (χ2v) is 9.56. The van der Waals surface area contributed by atoms with Crippen LogP contribution in [0.4, 0.5) is 5.69 Å². The molecule has 0 saturated carbocycles. The molecule has 1 N–H and O–H groups in total. The van der Waals surface area contributed by atoms with E-state index in [2.05, 4.69) is 25.4 Å². The molecule has 1 saturated heterocycles. The van der Waals surface area contributed by atoms with Crippen LogP contribution in [0.5, 0.6) is 5.88 Å². The van der Waals surface area contributed by atoms with Gasteiger partial charge in [-0.3, -0.25) is 4.79 Å². The van der Waals surface area contributed by atoms with Gasteiger partial charge in [0.05, 0.1) is 57.8 Å². The molecule has 0 spiro atoms. The SMILES string of the molecule is CCn1ncc(C(=O)c2ccc(C(=O)OC)c(N=S3(=O)CCOCC3)c2Br)c1O. The number of hydrogen-bond acceptors (Lipinski definition) is 8. The van der Waals surface area contributed by atoms with E-state index in [-0.39, 0.29) is 44.2 Å². The van der Waals surface area contributed by atoms with Crippen LogP contribution in [-0.4, -0.2) is 62.7 Å². The van der Waals surface area contributed by atoms with Crippen molar-refractivity contribution in [2.75, 3.05) is 31.8 Å². The summed E-state index contributed by atoms with van der Waals surface area (Å²) in [5, 5.41) is 14.2. The van der Waals surface area contributed by atoms with Crippen LogP contribution < -0.4 is 0 Å². The maximum Gasteiger partial charge on any atom is 0.340 e. The Balaban J connectivity index is 2.17. The minimum Gasteiger partial charge on any atom is -0.493 e. The molecule has 2 aromatic rings. The Morgan fingerprint density at radius 3 is 2.55 bits per heavy atom. The zero-order chi connectivity index (χ0) is 21.2. The van der Waals surface area contributed by atoms with E-state index in [1.165, 1.54) is 30.1 Å². The molecule has 0 radical (unpaired) electrons. The molecule has 0 bridgehead atoms. The van der Waals surface area contributed by atoms with Crippen molar-refractivity contribution in [3.8, 4) is 5.88 Å². The topological polar surface area (TPSA) is 120 Å². The van der Waals surface area contributed by atoms with Crippen LogP contribution >= 0.6 is 15.9 Å². The predicted octanol–water partition coefficient (Wildman–Crippen LogP) is 2.52. The first-order valence-electron chi connectivity index (χ1n) is 8.82. The van der Waals surface area contributed by atoms with Gasteiger partial charge in [0.1, 0.15) is 11.3 Å². The highest BCUT2D eigenvalue weighted by molar-refractivity contribution is 9.10. The fourth-order valence-corrected chi connectivity index (χ4v) is 5.26. The van der Waals surface area contributed by atoms with Crippen molar-refractivity contribution in [2.24, 2.45) is 4.36 Å².